The number of fused-ring (bicyclic) bond motifs is 1. The van der Waals surface area contributed by atoms with Crippen molar-refractivity contribution in [2.45, 2.75) is 25.8 Å². The third-order valence-corrected chi connectivity index (χ3v) is 4.15. The molecule has 4 nitrogen and oxygen atoms in total. The lowest BCUT2D eigenvalue weighted by Gasteiger charge is -2.22. The lowest BCUT2D eigenvalue weighted by atomic mass is 10.1. The fourth-order valence-corrected chi connectivity index (χ4v) is 2.86. The molecule has 102 valence electrons. The van der Waals surface area contributed by atoms with E-state index in [1.54, 1.807) is 0 Å². The number of aliphatic hydroxyl groups excluding tert-OH is 1. The first kappa shape index (κ1) is 12.6. The van der Waals surface area contributed by atoms with Crippen molar-refractivity contribution in [2.24, 2.45) is 5.41 Å². The van der Waals surface area contributed by atoms with Gasteiger partial charge in [-0.1, -0.05) is 12.1 Å². The topological polar surface area (TPSA) is 52.6 Å². The van der Waals surface area contributed by atoms with Gasteiger partial charge in [0.05, 0.1) is 6.42 Å². The van der Waals surface area contributed by atoms with Gasteiger partial charge >= 0.3 is 0 Å². The summed E-state index contributed by atoms with van der Waals surface area (Å²) in [4.78, 5) is 13.6. The van der Waals surface area contributed by atoms with Crippen LogP contribution in [0.4, 0.5) is 5.69 Å². The fourth-order valence-electron chi connectivity index (χ4n) is 2.86. The zero-order valence-electron chi connectivity index (χ0n) is 11.3. The van der Waals surface area contributed by atoms with Crippen LogP contribution in [0.3, 0.4) is 0 Å². The Balaban J connectivity index is 1.64. The summed E-state index contributed by atoms with van der Waals surface area (Å²) in [6.45, 7) is 2.10. The highest BCUT2D eigenvalue weighted by atomic mass is 16.3. The van der Waals surface area contributed by atoms with Gasteiger partial charge in [-0.3, -0.25) is 4.79 Å². The third kappa shape index (κ3) is 2.65. The molecule has 1 heterocycles. The van der Waals surface area contributed by atoms with Crippen LogP contribution in [-0.2, 0) is 17.8 Å². The molecule has 0 saturated heterocycles. The Hall–Kier alpha value is -1.39. The van der Waals surface area contributed by atoms with E-state index in [1.165, 1.54) is 5.56 Å². The molecule has 1 fully saturated rings. The normalized spacial score (nSPS) is 19.4. The van der Waals surface area contributed by atoms with E-state index in [4.69, 9.17) is 0 Å². The number of hydrogen-bond acceptors (Lipinski definition) is 3. The van der Waals surface area contributed by atoms with Crippen LogP contribution in [0.2, 0.25) is 0 Å². The predicted octanol–water partition coefficient (Wildman–Crippen LogP) is 1.39. The highest BCUT2D eigenvalue weighted by molar-refractivity contribution is 5.99. The fraction of sp³-hybridized carbons (Fsp3) is 0.533. The smallest absolute Gasteiger partial charge is 0.228 e. The number of anilines is 1. The average molecular weight is 260 g/mol. The average Bonchev–Trinajstić information content (AvgIpc) is 3.03. The molecule has 0 bridgehead atoms. The zero-order chi connectivity index (χ0) is 13.5. The molecule has 0 aromatic heterocycles. The van der Waals surface area contributed by atoms with Crippen molar-refractivity contribution in [2.75, 3.05) is 25.5 Å². The highest BCUT2D eigenvalue weighted by Gasteiger charge is 2.42. The summed E-state index contributed by atoms with van der Waals surface area (Å²) in [5.74, 6) is 0.0812. The first-order chi connectivity index (χ1) is 9.10. The quantitative estimate of drug-likeness (QED) is 0.841. The molecule has 0 atom stereocenters. The second-order valence-corrected chi connectivity index (χ2v) is 6.05. The van der Waals surface area contributed by atoms with Gasteiger partial charge in [0.15, 0.2) is 0 Å². The van der Waals surface area contributed by atoms with E-state index in [-0.39, 0.29) is 11.3 Å². The molecule has 4 heteroatoms. The van der Waals surface area contributed by atoms with Gasteiger partial charge in [0, 0.05) is 30.8 Å². The predicted molar refractivity (Wildman–Crippen MR) is 73.9 cm³/mol. The van der Waals surface area contributed by atoms with Crippen molar-refractivity contribution in [3.05, 3.63) is 29.3 Å². The summed E-state index contributed by atoms with van der Waals surface area (Å²) in [5, 5.41) is 12.2. The van der Waals surface area contributed by atoms with Crippen molar-refractivity contribution < 1.29 is 9.90 Å². The van der Waals surface area contributed by atoms with Crippen molar-refractivity contribution >= 4 is 11.6 Å². The first-order valence-corrected chi connectivity index (χ1v) is 6.81. The van der Waals surface area contributed by atoms with Crippen LogP contribution in [0, 0.1) is 5.41 Å². The molecule has 0 radical (unpaired) electrons. The van der Waals surface area contributed by atoms with E-state index >= 15 is 0 Å². The summed E-state index contributed by atoms with van der Waals surface area (Å²) in [7, 11) is 2.09. The molecular weight excluding hydrogens is 240 g/mol. The van der Waals surface area contributed by atoms with E-state index < -0.39 is 0 Å². The molecule has 1 aliphatic heterocycles. The summed E-state index contributed by atoms with van der Waals surface area (Å²) in [5.41, 5.74) is 3.43. The van der Waals surface area contributed by atoms with Crippen LogP contribution in [0.15, 0.2) is 18.2 Å². The van der Waals surface area contributed by atoms with Crippen LogP contribution in [0.1, 0.15) is 24.0 Å². The maximum absolute atomic E-state index is 11.3. The van der Waals surface area contributed by atoms with E-state index in [9.17, 15) is 9.90 Å². The standard InChI is InChI=1S/C15H20N2O2/c1-17(9-15(10-18)4-5-15)8-11-2-3-13-12(6-11)7-14(19)16-13/h2-3,6,18H,4-5,7-10H2,1H3,(H,16,19). The van der Waals surface area contributed by atoms with Crippen LogP contribution in [-0.4, -0.2) is 36.1 Å². The largest absolute Gasteiger partial charge is 0.396 e. The molecule has 2 aliphatic rings. The molecule has 19 heavy (non-hydrogen) atoms. The monoisotopic (exact) mass is 260 g/mol. The van der Waals surface area contributed by atoms with Gasteiger partial charge in [0.2, 0.25) is 5.91 Å². The summed E-state index contributed by atoms with van der Waals surface area (Å²) in [6.07, 6.45) is 2.76. The van der Waals surface area contributed by atoms with Gasteiger partial charge in [-0.25, -0.2) is 0 Å². The summed E-state index contributed by atoms with van der Waals surface area (Å²) < 4.78 is 0. The first-order valence-electron chi connectivity index (χ1n) is 6.81. The van der Waals surface area contributed by atoms with Gasteiger partial charge in [-0.05, 0) is 37.1 Å². The van der Waals surface area contributed by atoms with E-state index in [0.717, 1.165) is 37.2 Å². The number of benzene rings is 1. The van der Waals surface area contributed by atoms with Crippen molar-refractivity contribution in [1.82, 2.24) is 4.90 Å². The number of carbonyl (C=O) groups is 1. The van der Waals surface area contributed by atoms with Crippen molar-refractivity contribution in [3.63, 3.8) is 0 Å². The van der Waals surface area contributed by atoms with Gasteiger partial charge in [0.1, 0.15) is 0 Å². The SMILES string of the molecule is CN(Cc1ccc2c(c1)CC(=O)N2)CC1(CO)CC1. The molecule has 3 rings (SSSR count). The van der Waals surface area contributed by atoms with Gasteiger partial charge < -0.3 is 15.3 Å². The second kappa shape index (κ2) is 4.62. The number of aliphatic hydroxyl groups is 1. The van der Waals surface area contributed by atoms with Gasteiger partial charge in [0.25, 0.3) is 0 Å². The van der Waals surface area contributed by atoms with Gasteiger partial charge in [-0.15, -0.1) is 0 Å². The van der Waals surface area contributed by atoms with Gasteiger partial charge in [-0.2, -0.15) is 0 Å². The molecule has 1 aliphatic carbocycles. The molecule has 1 aromatic rings. The maximum Gasteiger partial charge on any atom is 0.228 e. The van der Waals surface area contributed by atoms with E-state index in [2.05, 4.69) is 29.4 Å². The van der Waals surface area contributed by atoms with Crippen LogP contribution >= 0.6 is 0 Å². The molecule has 0 unspecified atom stereocenters. The molecule has 0 spiro atoms. The Morgan fingerprint density at radius 3 is 2.89 bits per heavy atom. The maximum atomic E-state index is 11.3. The summed E-state index contributed by atoms with van der Waals surface area (Å²) >= 11 is 0. The Morgan fingerprint density at radius 1 is 1.42 bits per heavy atom. The molecule has 1 amide bonds. The Labute approximate surface area is 113 Å². The minimum Gasteiger partial charge on any atom is -0.396 e. The lowest BCUT2D eigenvalue weighted by Crippen LogP contribution is -2.28. The Morgan fingerprint density at radius 2 is 2.21 bits per heavy atom. The number of nitrogens with zero attached hydrogens (tertiary/aromatic N) is 1. The number of nitrogens with one attached hydrogen (secondary N) is 1. The number of rotatable bonds is 5. The lowest BCUT2D eigenvalue weighted by molar-refractivity contribution is -0.115. The van der Waals surface area contributed by atoms with Crippen LogP contribution in [0.5, 0.6) is 0 Å². The number of carbonyl (C=O) groups excluding carboxylic acids is 1. The second-order valence-electron chi connectivity index (χ2n) is 6.05. The van der Waals surface area contributed by atoms with Crippen molar-refractivity contribution in [3.8, 4) is 0 Å². The molecule has 2 N–H and O–H groups in total. The molecular formula is C15H20N2O2. The molecule has 1 saturated carbocycles. The van der Waals surface area contributed by atoms with E-state index in [1.807, 2.05) is 6.07 Å². The van der Waals surface area contributed by atoms with Crippen LogP contribution in [0.25, 0.3) is 0 Å². The minimum absolute atomic E-state index is 0.0812. The third-order valence-electron chi connectivity index (χ3n) is 4.15. The minimum atomic E-state index is 0.0812. The van der Waals surface area contributed by atoms with E-state index in [0.29, 0.717) is 13.0 Å². The van der Waals surface area contributed by atoms with Crippen molar-refractivity contribution in [1.29, 1.82) is 0 Å². The number of hydrogen-bond donors (Lipinski definition) is 2. The van der Waals surface area contributed by atoms with Crippen LogP contribution < -0.4 is 5.32 Å². The Bertz CT molecular complexity index is 509. The Kier molecular flexibility index (Phi) is 3.07. The molecule has 1 aromatic carbocycles. The highest BCUT2D eigenvalue weighted by Crippen LogP contribution is 2.45. The summed E-state index contributed by atoms with van der Waals surface area (Å²) in [6, 6.07) is 6.17. The number of amides is 1. The zero-order valence-corrected chi connectivity index (χ0v) is 11.3.